The summed E-state index contributed by atoms with van der Waals surface area (Å²) in [5.74, 6) is -0.253. The number of sulfone groups is 1. The summed E-state index contributed by atoms with van der Waals surface area (Å²) >= 11 is 1.18. The number of nitrogens with zero attached hydrogens (tertiary/aromatic N) is 2. The van der Waals surface area contributed by atoms with Crippen LogP contribution in [0.4, 0.5) is 10.8 Å². The number of sulfonamides is 1. The van der Waals surface area contributed by atoms with Crippen molar-refractivity contribution in [3.8, 4) is 0 Å². The molecule has 1 N–H and O–H groups in total. The molecule has 3 aromatic rings. The molecule has 1 aromatic heterocycles. The zero-order valence-electron chi connectivity index (χ0n) is 15.3. The number of nitrogens with one attached hydrogen (secondary N) is 1. The monoisotopic (exact) mass is 451 g/mol. The zero-order chi connectivity index (χ0) is 20.8. The van der Waals surface area contributed by atoms with Crippen LogP contribution in [0.3, 0.4) is 0 Å². The van der Waals surface area contributed by atoms with Gasteiger partial charge in [0, 0.05) is 18.4 Å². The molecule has 29 heavy (non-hydrogen) atoms. The van der Waals surface area contributed by atoms with Crippen molar-refractivity contribution in [1.82, 2.24) is 4.98 Å². The molecule has 0 atom stereocenters. The van der Waals surface area contributed by atoms with Gasteiger partial charge in [-0.1, -0.05) is 11.3 Å². The lowest BCUT2D eigenvalue weighted by Crippen LogP contribution is -2.25. The molecule has 1 aliphatic heterocycles. The van der Waals surface area contributed by atoms with Gasteiger partial charge in [-0.2, -0.15) is 0 Å². The second-order valence-corrected chi connectivity index (χ2v) is 11.7. The number of rotatable bonds is 4. The van der Waals surface area contributed by atoms with Crippen molar-refractivity contribution in [3.63, 3.8) is 0 Å². The second-order valence-electron chi connectivity index (χ2n) is 6.66. The Kier molecular flexibility index (Phi) is 4.83. The fraction of sp³-hybridized carbons (Fsp3) is 0.222. The number of aromatic nitrogens is 1. The third-order valence-electron chi connectivity index (χ3n) is 4.53. The van der Waals surface area contributed by atoms with E-state index in [0.29, 0.717) is 39.6 Å². The summed E-state index contributed by atoms with van der Waals surface area (Å²) in [5.41, 5.74) is 1.49. The summed E-state index contributed by atoms with van der Waals surface area (Å²) in [6.45, 7) is 0.440. The lowest BCUT2D eigenvalue weighted by atomic mass is 10.2. The Balaban J connectivity index is 1.53. The van der Waals surface area contributed by atoms with Crippen LogP contribution in [0.1, 0.15) is 16.8 Å². The maximum Gasteiger partial charge on any atom is 0.257 e. The summed E-state index contributed by atoms with van der Waals surface area (Å²) < 4.78 is 49.4. The average Bonchev–Trinajstić information content (AvgIpc) is 3.22. The maximum atomic E-state index is 12.5. The van der Waals surface area contributed by atoms with Crippen molar-refractivity contribution in [2.45, 2.75) is 11.3 Å². The Bertz CT molecular complexity index is 1310. The van der Waals surface area contributed by atoms with E-state index >= 15 is 0 Å². The van der Waals surface area contributed by atoms with Crippen LogP contribution in [-0.2, 0) is 19.9 Å². The summed E-state index contributed by atoms with van der Waals surface area (Å²) in [6, 6.07) is 10.9. The van der Waals surface area contributed by atoms with E-state index in [1.807, 2.05) is 0 Å². The predicted octanol–water partition coefficient (Wildman–Crippen LogP) is 2.49. The van der Waals surface area contributed by atoms with E-state index in [1.54, 1.807) is 30.3 Å². The number of anilines is 2. The summed E-state index contributed by atoms with van der Waals surface area (Å²) in [5, 5.41) is 3.05. The first-order valence-corrected chi connectivity index (χ1v) is 13.0. The largest absolute Gasteiger partial charge is 0.298 e. The quantitative estimate of drug-likeness (QED) is 0.652. The van der Waals surface area contributed by atoms with Crippen molar-refractivity contribution in [3.05, 3.63) is 48.0 Å². The van der Waals surface area contributed by atoms with Gasteiger partial charge in [0.25, 0.3) is 5.91 Å². The lowest BCUT2D eigenvalue weighted by Gasteiger charge is -2.16. The van der Waals surface area contributed by atoms with Crippen molar-refractivity contribution in [2.24, 2.45) is 0 Å². The standard InChI is InChI=1S/C18H17N3O5S3/c1-28(23,24)14-7-8-15-16(11-14)27-18(19-15)20-17(22)12-3-5-13(6-4-12)21-9-2-10-29(21,25)26/h3-8,11H,2,9-10H2,1H3,(H,19,20,22). The topological polar surface area (TPSA) is 114 Å². The molecule has 11 heteroatoms. The number of fused-ring (bicyclic) bond motifs is 1. The van der Waals surface area contributed by atoms with Crippen molar-refractivity contribution in [2.75, 3.05) is 28.2 Å². The number of hydrogen-bond acceptors (Lipinski definition) is 7. The van der Waals surface area contributed by atoms with Crippen LogP contribution in [0.2, 0.25) is 0 Å². The molecular formula is C18H17N3O5S3. The van der Waals surface area contributed by atoms with E-state index in [0.717, 1.165) is 6.26 Å². The fourth-order valence-electron chi connectivity index (χ4n) is 3.07. The number of carbonyl (C=O) groups excluding carboxylic acids is 1. The van der Waals surface area contributed by atoms with E-state index in [1.165, 1.54) is 27.8 Å². The molecule has 4 rings (SSSR count). The summed E-state index contributed by atoms with van der Waals surface area (Å²) in [4.78, 5) is 17.0. The first-order valence-electron chi connectivity index (χ1n) is 8.66. The highest BCUT2D eigenvalue weighted by Gasteiger charge is 2.28. The average molecular weight is 452 g/mol. The normalized spacial score (nSPS) is 16.2. The number of hydrogen-bond donors (Lipinski definition) is 1. The van der Waals surface area contributed by atoms with E-state index < -0.39 is 19.9 Å². The molecule has 0 unspecified atom stereocenters. The highest BCUT2D eigenvalue weighted by molar-refractivity contribution is 7.93. The number of carbonyl (C=O) groups is 1. The van der Waals surface area contributed by atoms with Gasteiger partial charge in [0.1, 0.15) is 0 Å². The number of amides is 1. The minimum absolute atomic E-state index is 0.133. The Morgan fingerprint density at radius 1 is 1.17 bits per heavy atom. The van der Waals surface area contributed by atoms with E-state index in [9.17, 15) is 21.6 Å². The van der Waals surface area contributed by atoms with E-state index in [2.05, 4.69) is 10.3 Å². The SMILES string of the molecule is CS(=O)(=O)c1ccc2nc(NC(=O)c3ccc(N4CCCS4(=O)=O)cc3)sc2c1. The van der Waals surface area contributed by atoms with Crippen LogP contribution < -0.4 is 9.62 Å². The van der Waals surface area contributed by atoms with Crippen LogP contribution >= 0.6 is 11.3 Å². The Labute approximate surface area is 172 Å². The van der Waals surface area contributed by atoms with Gasteiger partial charge in [0.05, 0.1) is 26.6 Å². The lowest BCUT2D eigenvalue weighted by molar-refractivity contribution is 0.102. The summed E-state index contributed by atoms with van der Waals surface area (Å²) in [7, 11) is -6.59. The van der Waals surface area contributed by atoms with Crippen LogP contribution in [0.5, 0.6) is 0 Å². The Morgan fingerprint density at radius 2 is 1.90 bits per heavy atom. The van der Waals surface area contributed by atoms with Gasteiger partial charge in [-0.15, -0.1) is 0 Å². The molecule has 1 fully saturated rings. The molecule has 152 valence electrons. The number of benzene rings is 2. The van der Waals surface area contributed by atoms with Crippen molar-refractivity contribution < 1.29 is 21.6 Å². The molecule has 8 nitrogen and oxygen atoms in total. The highest BCUT2D eigenvalue weighted by Crippen LogP contribution is 2.29. The third kappa shape index (κ3) is 3.98. The second kappa shape index (κ2) is 7.08. The van der Waals surface area contributed by atoms with Gasteiger partial charge in [0.2, 0.25) is 10.0 Å². The van der Waals surface area contributed by atoms with Crippen molar-refractivity contribution >= 4 is 58.1 Å². The van der Waals surface area contributed by atoms with Gasteiger partial charge < -0.3 is 0 Å². The van der Waals surface area contributed by atoms with Crippen LogP contribution in [-0.4, -0.2) is 46.3 Å². The van der Waals surface area contributed by atoms with Gasteiger partial charge >= 0.3 is 0 Å². The molecule has 0 spiro atoms. The minimum Gasteiger partial charge on any atom is -0.298 e. The molecule has 2 aromatic carbocycles. The first-order chi connectivity index (χ1) is 13.6. The molecule has 0 radical (unpaired) electrons. The van der Waals surface area contributed by atoms with Gasteiger partial charge in [-0.3, -0.25) is 14.4 Å². The minimum atomic E-state index is -3.33. The van der Waals surface area contributed by atoms with E-state index in [-0.39, 0.29) is 16.6 Å². The van der Waals surface area contributed by atoms with Gasteiger partial charge in [-0.25, -0.2) is 21.8 Å². The van der Waals surface area contributed by atoms with Crippen molar-refractivity contribution in [1.29, 1.82) is 0 Å². The molecule has 1 amide bonds. The molecule has 0 saturated carbocycles. The maximum absolute atomic E-state index is 12.5. The van der Waals surface area contributed by atoms with Crippen LogP contribution in [0.15, 0.2) is 47.4 Å². The molecule has 2 heterocycles. The highest BCUT2D eigenvalue weighted by atomic mass is 32.2. The smallest absolute Gasteiger partial charge is 0.257 e. The van der Waals surface area contributed by atoms with Gasteiger partial charge in [0.15, 0.2) is 15.0 Å². The molecule has 1 saturated heterocycles. The number of thiazole rings is 1. The van der Waals surface area contributed by atoms with Crippen LogP contribution in [0, 0.1) is 0 Å². The Morgan fingerprint density at radius 3 is 2.52 bits per heavy atom. The zero-order valence-corrected chi connectivity index (χ0v) is 17.8. The predicted molar refractivity (Wildman–Crippen MR) is 113 cm³/mol. The fourth-order valence-corrected chi connectivity index (χ4v) is 6.25. The molecule has 0 aliphatic carbocycles. The third-order valence-corrected chi connectivity index (χ3v) is 8.44. The van der Waals surface area contributed by atoms with Crippen LogP contribution in [0.25, 0.3) is 10.2 Å². The van der Waals surface area contributed by atoms with E-state index in [4.69, 9.17) is 0 Å². The first kappa shape index (κ1) is 19.8. The molecular weight excluding hydrogens is 434 g/mol. The molecule has 0 bridgehead atoms. The van der Waals surface area contributed by atoms with Gasteiger partial charge in [-0.05, 0) is 48.9 Å². The molecule has 1 aliphatic rings. The summed E-state index contributed by atoms with van der Waals surface area (Å²) in [6.07, 6.45) is 1.72. The Hall–Kier alpha value is -2.50.